The van der Waals surface area contributed by atoms with E-state index in [0.29, 0.717) is 16.7 Å². The highest BCUT2D eigenvalue weighted by Gasteiger charge is 2.40. The van der Waals surface area contributed by atoms with Crippen molar-refractivity contribution in [1.82, 2.24) is 9.79 Å². The van der Waals surface area contributed by atoms with Gasteiger partial charge in [0, 0.05) is 5.56 Å². The van der Waals surface area contributed by atoms with Crippen LogP contribution in [0.5, 0.6) is 0 Å². The molecule has 0 radical (unpaired) electrons. The number of amides is 2. The summed E-state index contributed by atoms with van der Waals surface area (Å²) in [4.78, 5) is 24.7. The molecule has 8 heteroatoms. The third-order valence-corrected chi connectivity index (χ3v) is 6.54. The Morgan fingerprint density at radius 2 is 1.62 bits per heavy atom. The van der Waals surface area contributed by atoms with Crippen molar-refractivity contribution in [3.8, 4) is 11.1 Å². The van der Waals surface area contributed by atoms with Crippen LogP contribution in [-0.2, 0) is 16.6 Å². The zero-order chi connectivity index (χ0) is 20.6. The van der Waals surface area contributed by atoms with Crippen LogP contribution in [0.4, 0.5) is 0 Å². The van der Waals surface area contributed by atoms with Crippen molar-refractivity contribution in [1.29, 1.82) is 0 Å². The summed E-state index contributed by atoms with van der Waals surface area (Å²) in [5.74, 6) is -1.27. The molecule has 2 amide bonds. The average molecular weight is 408 g/mol. The Hall–Kier alpha value is -3.49. The summed E-state index contributed by atoms with van der Waals surface area (Å²) >= 11 is 0. The molecule has 0 saturated heterocycles. The van der Waals surface area contributed by atoms with Crippen LogP contribution in [0.2, 0.25) is 0 Å². The van der Waals surface area contributed by atoms with E-state index in [1.54, 1.807) is 54.0 Å². The maximum absolute atomic E-state index is 12.8. The SMILES string of the molecule is O=C(NO)c1ccc(CN2C(=O)c3ccccc3S2(=O)=O)cc1-c1ccccc1. The molecule has 29 heavy (non-hydrogen) atoms. The first-order valence-electron chi connectivity index (χ1n) is 8.72. The Bertz CT molecular complexity index is 1220. The minimum Gasteiger partial charge on any atom is -0.288 e. The molecule has 0 aromatic heterocycles. The topological polar surface area (TPSA) is 104 Å². The largest absolute Gasteiger partial charge is 0.288 e. The second-order valence-electron chi connectivity index (χ2n) is 6.50. The molecule has 1 heterocycles. The fraction of sp³-hybridized carbons (Fsp3) is 0.0476. The maximum Gasteiger partial charge on any atom is 0.275 e. The Morgan fingerprint density at radius 1 is 0.931 bits per heavy atom. The van der Waals surface area contributed by atoms with Crippen molar-refractivity contribution in [2.45, 2.75) is 11.4 Å². The molecule has 3 aromatic carbocycles. The minimum absolute atomic E-state index is 0.00967. The Labute approximate surface area is 167 Å². The molecule has 146 valence electrons. The van der Waals surface area contributed by atoms with Crippen molar-refractivity contribution < 1.29 is 23.2 Å². The van der Waals surface area contributed by atoms with E-state index in [2.05, 4.69) is 0 Å². The van der Waals surface area contributed by atoms with Crippen molar-refractivity contribution in [2.24, 2.45) is 0 Å². The number of sulfonamides is 1. The summed E-state index contributed by atoms with van der Waals surface area (Å²) in [6, 6.07) is 19.8. The number of nitrogens with zero attached hydrogens (tertiary/aromatic N) is 1. The zero-order valence-electron chi connectivity index (χ0n) is 15.1. The van der Waals surface area contributed by atoms with Crippen molar-refractivity contribution >= 4 is 21.8 Å². The van der Waals surface area contributed by atoms with Crippen molar-refractivity contribution in [3.05, 3.63) is 89.5 Å². The lowest BCUT2D eigenvalue weighted by Crippen LogP contribution is -2.29. The number of carbonyl (C=O) groups excluding carboxylic acids is 2. The highest BCUT2D eigenvalue weighted by Crippen LogP contribution is 2.32. The van der Waals surface area contributed by atoms with Crippen LogP contribution in [0.15, 0.2) is 77.7 Å². The van der Waals surface area contributed by atoms with Gasteiger partial charge in [0.15, 0.2) is 0 Å². The molecule has 1 aliphatic rings. The summed E-state index contributed by atoms with van der Waals surface area (Å²) < 4.78 is 26.4. The van der Waals surface area contributed by atoms with E-state index >= 15 is 0 Å². The first-order chi connectivity index (χ1) is 13.9. The predicted octanol–water partition coefficient (Wildman–Crippen LogP) is 2.82. The van der Waals surface area contributed by atoms with E-state index in [1.165, 1.54) is 18.2 Å². The first-order valence-corrected chi connectivity index (χ1v) is 10.2. The van der Waals surface area contributed by atoms with Crippen LogP contribution in [0.25, 0.3) is 11.1 Å². The summed E-state index contributed by atoms with van der Waals surface area (Å²) in [6.45, 7) is -0.170. The molecular formula is C21H16N2O5S. The monoisotopic (exact) mass is 408 g/mol. The number of hydrogen-bond acceptors (Lipinski definition) is 5. The molecule has 0 spiro atoms. The lowest BCUT2D eigenvalue weighted by Gasteiger charge is -2.17. The molecule has 0 bridgehead atoms. The first kappa shape index (κ1) is 18.9. The van der Waals surface area contributed by atoms with Gasteiger partial charge >= 0.3 is 0 Å². The van der Waals surface area contributed by atoms with E-state index < -0.39 is 21.8 Å². The van der Waals surface area contributed by atoms with Gasteiger partial charge in [0.1, 0.15) is 4.90 Å². The number of nitrogens with one attached hydrogen (secondary N) is 1. The van der Waals surface area contributed by atoms with Gasteiger partial charge in [-0.05, 0) is 41.0 Å². The molecule has 0 aliphatic carbocycles. The molecule has 0 unspecified atom stereocenters. The highest BCUT2D eigenvalue weighted by molar-refractivity contribution is 7.90. The van der Waals surface area contributed by atoms with Crippen LogP contribution in [0.1, 0.15) is 26.3 Å². The smallest absolute Gasteiger partial charge is 0.275 e. The van der Waals surface area contributed by atoms with Crippen molar-refractivity contribution in [2.75, 3.05) is 0 Å². The number of fused-ring (bicyclic) bond motifs is 1. The van der Waals surface area contributed by atoms with Crippen LogP contribution >= 0.6 is 0 Å². The zero-order valence-corrected chi connectivity index (χ0v) is 15.9. The Kier molecular flexibility index (Phi) is 4.65. The lowest BCUT2D eigenvalue weighted by atomic mass is 9.96. The molecule has 1 aliphatic heterocycles. The van der Waals surface area contributed by atoms with E-state index in [4.69, 9.17) is 5.21 Å². The van der Waals surface area contributed by atoms with Gasteiger partial charge in [0.25, 0.3) is 21.8 Å². The molecule has 4 rings (SSSR count). The summed E-state index contributed by atoms with van der Waals surface area (Å²) in [7, 11) is -3.94. The normalized spacial score (nSPS) is 14.5. The second kappa shape index (κ2) is 7.16. The van der Waals surface area contributed by atoms with Gasteiger partial charge in [-0.3, -0.25) is 14.8 Å². The standard InChI is InChI=1S/C21H16N2O5S/c24-20(22-26)16-11-10-14(12-18(16)15-6-2-1-3-7-15)13-23-21(25)17-8-4-5-9-19(17)29(23,27)28/h1-12,26H,13H2,(H,22,24). The lowest BCUT2D eigenvalue weighted by molar-refractivity contribution is 0.0706. The third-order valence-electron chi connectivity index (χ3n) is 4.75. The average Bonchev–Trinajstić information content (AvgIpc) is 2.94. The number of benzene rings is 3. The molecule has 0 saturated carbocycles. The minimum atomic E-state index is -3.94. The molecule has 0 atom stereocenters. The van der Waals surface area contributed by atoms with Gasteiger partial charge in [-0.15, -0.1) is 0 Å². The molecule has 2 N–H and O–H groups in total. The maximum atomic E-state index is 12.8. The van der Waals surface area contributed by atoms with E-state index in [1.807, 2.05) is 6.07 Å². The summed E-state index contributed by atoms with van der Waals surface area (Å²) in [5.41, 5.74) is 3.74. The Balaban J connectivity index is 1.76. The van der Waals surface area contributed by atoms with Gasteiger partial charge in [-0.25, -0.2) is 18.2 Å². The predicted molar refractivity (Wildman–Crippen MR) is 105 cm³/mol. The molecular weight excluding hydrogens is 392 g/mol. The fourth-order valence-electron chi connectivity index (χ4n) is 3.36. The number of hydrogen-bond donors (Lipinski definition) is 2. The van der Waals surface area contributed by atoms with E-state index in [0.717, 1.165) is 4.31 Å². The number of rotatable bonds is 4. The number of hydroxylamine groups is 1. The molecule has 0 fully saturated rings. The summed E-state index contributed by atoms with van der Waals surface area (Å²) in [6.07, 6.45) is 0. The van der Waals surface area contributed by atoms with Crippen LogP contribution in [-0.4, -0.2) is 29.7 Å². The highest BCUT2D eigenvalue weighted by atomic mass is 32.2. The van der Waals surface area contributed by atoms with Gasteiger partial charge < -0.3 is 0 Å². The van der Waals surface area contributed by atoms with Gasteiger partial charge in [0.2, 0.25) is 0 Å². The van der Waals surface area contributed by atoms with Gasteiger partial charge in [-0.2, -0.15) is 0 Å². The van der Waals surface area contributed by atoms with Crippen LogP contribution in [0.3, 0.4) is 0 Å². The van der Waals surface area contributed by atoms with Gasteiger partial charge in [-0.1, -0.05) is 48.5 Å². The van der Waals surface area contributed by atoms with E-state index in [-0.39, 0.29) is 22.6 Å². The third kappa shape index (κ3) is 3.18. The molecule has 7 nitrogen and oxygen atoms in total. The number of carbonyl (C=O) groups is 2. The van der Waals surface area contributed by atoms with Crippen LogP contribution < -0.4 is 5.48 Å². The summed E-state index contributed by atoms with van der Waals surface area (Å²) in [5, 5.41) is 9.03. The van der Waals surface area contributed by atoms with Crippen molar-refractivity contribution in [3.63, 3.8) is 0 Å². The van der Waals surface area contributed by atoms with Crippen LogP contribution in [0, 0.1) is 0 Å². The van der Waals surface area contributed by atoms with E-state index in [9.17, 15) is 18.0 Å². The fourth-order valence-corrected chi connectivity index (χ4v) is 4.91. The second-order valence-corrected chi connectivity index (χ2v) is 8.33. The van der Waals surface area contributed by atoms with Gasteiger partial charge in [0.05, 0.1) is 12.1 Å². The Morgan fingerprint density at radius 3 is 2.31 bits per heavy atom. The quantitative estimate of drug-likeness (QED) is 0.510. The molecule has 3 aromatic rings.